The molecule has 1 aliphatic carbocycles. The van der Waals surface area contributed by atoms with E-state index in [9.17, 15) is 17.6 Å². The summed E-state index contributed by atoms with van der Waals surface area (Å²) in [5.74, 6) is 0.518. The summed E-state index contributed by atoms with van der Waals surface area (Å²) >= 11 is 1.06. The summed E-state index contributed by atoms with van der Waals surface area (Å²) in [4.78, 5) is 17.5. The number of methoxy groups -OCH3 is 1. The number of aryl methyl sites for hydroxylation is 2. The van der Waals surface area contributed by atoms with E-state index in [0.29, 0.717) is 47.8 Å². The van der Waals surface area contributed by atoms with Crippen molar-refractivity contribution in [3.05, 3.63) is 34.5 Å². The SMILES string of the molecule is COC(C)CCn1c(=O)n(-c2nc(C)ns2)c2cc(S(=O)(=O)NC3(CF)CC3)ccc21. The van der Waals surface area contributed by atoms with Gasteiger partial charge in [0.25, 0.3) is 0 Å². The smallest absolute Gasteiger partial charge is 0.335 e. The van der Waals surface area contributed by atoms with E-state index in [0.717, 1.165) is 11.5 Å². The first kappa shape index (κ1) is 22.1. The van der Waals surface area contributed by atoms with Crippen molar-refractivity contribution in [2.75, 3.05) is 13.8 Å². The van der Waals surface area contributed by atoms with Gasteiger partial charge < -0.3 is 4.74 Å². The lowest BCUT2D eigenvalue weighted by molar-refractivity contribution is 0.107. The number of fused-ring (bicyclic) bond motifs is 1. The van der Waals surface area contributed by atoms with Crippen LogP contribution in [0, 0.1) is 6.92 Å². The molecule has 1 saturated carbocycles. The Kier molecular flexibility index (Phi) is 5.75. The van der Waals surface area contributed by atoms with Crippen molar-refractivity contribution in [2.45, 2.75) is 56.2 Å². The summed E-state index contributed by atoms with van der Waals surface area (Å²) in [6.45, 7) is 3.27. The molecular weight excluding hydrogens is 445 g/mol. The third kappa shape index (κ3) is 4.16. The number of imidazole rings is 1. The van der Waals surface area contributed by atoms with Crippen LogP contribution in [0.4, 0.5) is 4.39 Å². The molecule has 2 heterocycles. The van der Waals surface area contributed by atoms with E-state index in [1.54, 1.807) is 24.7 Å². The van der Waals surface area contributed by atoms with Crippen molar-refractivity contribution in [1.29, 1.82) is 0 Å². The van der Waals surface area contributed by atoms with E-state index < -0.39 is 22.2 Å². The van der Waals surface area contributed by atoms with Gasteiger partial charge in [-0.3, -0.25) is 4.57 Å². The lowest BCUT2D eigenvalue weighted by atomic mass is 10.2. The number of sulfonamides is 1. The molecule has 1 aliphatic rings. The zero-order chi connectivity index (χ0) is 22.4. The molecule has 4 rings (SSSR count). The number of hydrogen-bond acceptors (Lipinski definition) is 7. The molecule has 0 bridgehead atoms. The predicted octanol–water partition coefficient (Wildman–Crippen LogP) is 2.16. The third-order valence-corrected chi connectivity index (χ3v) is 7.91. The largest absolute Gasteiger partial charge is 0.382 e. The van der Waals surface area contributed by atoms with Gasteiger partial charge in [-0.2, -0.15) is 4.37 Å². The fourth-order valence-electron chi connectivity index (χ4n) is 3.37. The molecule has 1 aromatic carbocycles. The van der Waals surface area contributed by atoms with Crippen molar-refractivity contribution >= 4 is 32.6 Å². The molecule has 0 spiro atoms. The van der Waals surface area contributed by atoms with Crippen LogP contribution in [0.1, 0.15) is 32.0 Å². The molecule has 0 radical (unpaired) electrons. The van der Waals surface area contributed by atoms with Crippen LogP contribution in [0.5, 0.6) is 0 Å². The molecule has 1 atom stereocenters. The van der Waals surface area contributed by atoms with Crippen molar-refractivity contribution in [3.63, 3.8) is 0 Å². The van der Waals surface area contributed by atoms with Crippen LogP contribution < -0.4 is 10.4 Å². The Labute approximate surface area is 183 Å². The molecule has 31 heavy (non-hydrogen) atoms. The molecule has 1 N–H and O–H groups in total. The molecule has 2 aromatic heterocycles. The van der Waals surface area contributed by atoms with Crippen LogP contribution in [0.3, 0.4) is 0 Å². The van der Waals surface area contributed by atoms with Gasteiger partial charge in [-0.05, 0) is 51.3 Å². The molecule has 0 aliphatic heterocycles. The van der Waals surface area contributed by atoms with Gasteiger partial charge in [-0.15, -0.1) is 0 Å². The van der Waals surface area contributed by atoms with E-state index in [2.05, 4.69) is 14.1 Å². The number of hydrogen-bond donors (Lipinski definition) is 1. The average Bonchev–Trinajstić information content (AvgIpc) is 3.28. The summed E-state index contributed by atoms with van der Waals surface area (Å²) in [5, 5.41) is 0.357. The van der Waals surface area contributed by atoms with Gasteiger partial charge in [0.05, 0.1) is 27.6 Å². The van der Waals surface area contributed by atoms with E-state index in [4.69, 9.17) is 4.74 Å². The second-order valence-corrected chi connectivity index (χ2v) is 10.3. The van der Waals surface area contributed by atoms with Gasteiger partial charge in [0.2, 0.25) is 15.2 Å². The highest BCUT2D eigenvalue weighted by Crippen LogP contribution is 2.37. The molecule has 9 nitrogen and oxygen atoms in total. The highest BCUT2D eigenvalue weighted by atomic mass is 32.2. The fourth-order valence-corrected chi connectivity index (χ4v) is 5.52. The third-order valence-electron chi connectivity index (χ3n) is 5.54. The lowest BCUT2D eigenvalue weighted by Gasteiger charge is -2.14. The van der Waals surface area contributed by atoms with E-state index in [1.165, 1.54) is 16.7 Å². The number of nitrogens with one attached hydrogen (secondary N) is 1. The van der Waals surface area contributed by atoms with E-state index in [1.807, 2.05) is 6.92 Å². The summed E-state index contributed by atoms with van der Waals surface area (Å²) in [5.41, 5.74) is -0.364. The topological polar surface area (TPSA) is 108 Å². The van der Waals surface area contributed by atoms with Crippen LogP contribution in [0.25, 0.3) is 16.2 Å². The van der Waals surface area contributed by atoms with Crippen LogP contribution in [-0.4, -0.2) is 52.3 Å². The van der Waals surface area contributed by atoms with Crippen molar-refractivity contribution in [3.8, 4) is 5.13 Å². The first-order chi connectivity index (χ1) is 14.7. The Morgan fingerprint density at radius 3 is 2.68 bits per heavy atom. The Balaban J connectivity index is 1.84. The number of rotatable bonds is 9. The summed E-state index contributed by atoms with van der Waals surface area (Å²) in [6, 6.07) is 4.47. The monoisotopic (exact) mass is 469 g/mol. The lowest BCUT2D eigenvalue weighted by Crippen LogP contribution is -2.38. The standard InChI is InChI=1S/C19H24FN5O4S2/c1-12(29-3)6-9-24-15-5-4-14(31(27,28)23-19(11-20)7-8-19)10-16(15)25(18(24)26)17-21-13(2)22-30-17/h4-5,10,12,23H,6-9,11H2,1-3H3. The maximum Gasteiger partial charge on any atom is 0.335 e. The normalized spacial score (nSPS) is 16.6. The van der Waals surface area contributed by atoms with Gasteiger partial charge in [0.15, 0.2) is 0 Å². The molecule has 3 aromatic rings. The molecule has 0 saturated heterocycles. The van der Waals surface area contributed by atoms with Gasteiger partial charge in [0, 0.05) is 25.2 Å². The summed E-state index contributed by atoms with van der Waals surface area (Å²) in [6.07, 6.45) is 1.49. The highest BCUT2D eigenvalue weighted by Gasteiger charge is 2.46. The number of halogens is 1. The minimum atomic E-state index is -3.95. The summed E-state index contributed by atoms with van der Waals surface area (Å²) < 4.78 is 53.9. The number of alkyl halides is 1. The van der Waals surface area contributed by atoms with Crippen LogP contribution >= 0.6 is 11.5 Å². The van der Waals surface area contributed by atoms with Gasteiger partial charge >= 0.3 is 5.69 Å². The zero-order valence-electron chi connectivity index (χ0n) is 17.5. The van der Waals surface area contributed by atoms with Crippen LogP contribution in [0.15, 0.2) is 27.9 Å². The fraction of sp³-hybridized carbons (Fsp3) is 0.526. The molecule has 1 unspecified atom stereocenters. The maximum absolute atomic E-state index is 13.3. The Hall–Kier alpha value is -2.15. The Bertz CT molecular complexity index is 1280. The minimum Gasteiger partial charge on any atom is -0.382 e. The van der Waals surface area contributed by atoms with Crippen LogP contribution in [-0.2, 0) is 21.3 Å². The quantitative estimate of drug-likeness (QED) is 0.515. The molecule has 12 heteroatoms. The molecule has 0 amide bonds. The van der Waals surface area contributed by atoms with Gasteiger partial charge in [-0.25, -0.2) is 31.9 Å². The number of benzene rings is 1. The first-order valence-corrected chi connectivity index (χ1v) is 12.1. The van der Waals surface area contributed by atoms with E-state index in [-0.39, 0.29) is 16.7 Å². The number of ether oxygens (including phenoxy) is 1. The van der Waals surface area contributed by atoms with Crippen LogP contribution in [0.2, 0.25) is 0 Å². The number of aromatic nitrogens is 4. The Morgan fingerprint density at radius 1 is 1.35 bits per heavy atom. The van der Waals surface area contributed by atoms with Gasteiger partial charge in [-0.1, -0.05) is 0 Å². The second kappa shape index (κ2) is 8.08. The number of nitrogens with zero attached hydrogens (tertiary/aromatic N) is 4. The van der Waals surface area contributed by atoms with Gasteiger partial charge in [0.1, 0.15) is 12.5 Å². The maximum atomic E-state index is 13.3. The van der Waals surface area contributed by atoms with Crippen molar-refractivity contribution in [2.24, 2.45) is 0 Å². The zero-order valence-corrected chi connectivity index (χ0v) is 19.1. The average molecular weight is 470 g/mol. The Morgan fingerprint density at radius 2 is 2.10 bits per heavy atom. The van der Waals surface area contributed by atoms with Crippen molar-refractivity contribution in [1.82, 2.24) is 23.2 Å². The highest BCUT2D eigenvalue weighted by molar-refractivity contribution is 7.89. The molecular formula is C19H24FN5O4S2. The first-order valence-electron chi connectivity index (χ1n) is 9.88. The molecule has 1 fully saturated rings. The van der Waals surface area contributed by atoms with E-state index >= 15 is 0 Å². The predicted molar refractivity (Wildman–Crippen MR) is 115 cm³/mol. The summed E-state index contributed by atoms with van der Waals surface area (Å²) in [7, 11) is -2.35. The molecule has 168 valence electrons. The second-order valence-electron chi connectivity index (χ2n) is 7.90. The minimum absolute atomic E-state index is 0.0304. The van der Waals surface area contributed by atoms with Crippen molar-refractivity contribution < 1.29 is 17.5 Å².